The summed E-state index contributed by atoms with van der Waals surface area (Å²) >= 11 is 0. The van der Waals surface area contributed by atoms with Crippen molar-refractivity contribution in [1.29, 1.82) is 0 Å². The van der Waals surface area contributed by atoms with Gasteiger partial charge in [0, 0.05) is 37.4 Å². The molecule has 0 aromatic carbocycles. The van der Waals surface area contributed by atoms with Gasteiger partial charge in [0.05, 0.1) is 5.69 Å². The Labute approximate surface area is 118 Å². The van der Waals surface area contributed by atoms with E-state index in [2.05, 4.69) is 49.9 Å². The number of aryl methyl sites for hydroxylation is 2. The maximum absolute atomic E-state index is 4.49. The second-order valence-electron chi connectivity index (χ2n) is 5.32. The number of hydrogen-bond donors (Lipinski definition) is 1. The molecule has 1 aromatic heterocycles. The molecule has 0 radical (unpaired) electrons. The highest BCUT2D eigenvalue weighted by atomic mass is 15.3. The zero-order valence-corrected chi connectivity index (χ0v) is 13.5. The van der Waals surface area contributed by atoms with Gasteiger partial charge in [-0.15, -0.1) is 0 Å². The standard InChI is InChI=1S/C15H30N4/c1-7-10-19(8-2)11-9-16-12(3)15-13(4)17-18(6)14(15)5/h12,16H,7-11H2,1-6H3. The first kappa shape index (κ1) is 16.2. The monoisotopic (exact) mass is 266 g/mol. The molecule has 0 spiro atoms. The molecule has 1 heterocycles. The predicted molar refractivity (Wildman–Crippen MR) is 81.5 cm³/mol. The largest absolute Gasteiger partial charge is 0.309 e. The van der Waals surface area contributed by atoms with Crippen LogP contribution in [0.2, 0.25) is 0 Å². The van der Waals surface area contributed by atoms with Gasteiger partial charge in [-0.05, 0) is 40.3 Å². The normalized spacial score (nSPS) is 13.2. The predicted octanol–water partition coefficient (Wildman–Crippen LogP) is 2.42. The molecule has 0 aliphatic rings. The third kappa shape index (κ3) is 4.32. The van der Waals surface area contributed by atoms with E-state index < -0.39 is 0 Å². The van der Waals surface area contributed by atoms with E-state index in [9.17, 15) is 0 Å². The number of likely N-dealkylation sites (N-methyl/N-ethyl adjacent to an activating group) is 1. The summed E-state index contributed by atoms with van der Waals surface area (Å²) in [6.45, 7) is 15.4. The van der Waals surface area contributed by atoms with Crippen LogP contribution in [0.15, 0.2) is 0 Å². The Hall–Kier alpha value is -0.870. The molecule has 4 nitrogen and oxygen atoms in total. The van der Waals surface area contributed by atoms with E-state index in [1.165, 1.54) is 24.2 Å². The van der Waals surface area contributed by atoms with Crippen LogP contribution in [0, 0.1) is 13.8 Å². The van der Waals surface area contributed by atoms with Gasteiger partial charge in [0.1, 0.15) is 0 Å². The summed E-state index contributed by atoms with van der Waals surface area (Å²) in [6, 6.07) is 0.369. The van der Waals surface area contributed by atoms with Crippen molar-refractivity contribution in [2.45, 2.75) is 47.1 Å². The molecule has 1 N–H and O–H groups in total. The van der Waals surface area contributed by atoms with E-state index in [1.54, 1.807) is 0 Å². The summed E-state index contributed by atoms with van der Waals surface area (Å²) in [5.41, 5.74) is 3.75. The Morgan fingerprint density at radius 3 is 2.42 bits per heavy atom. The van der Waals surface area contributed by atoms with Crippen molar-refractivity contribution in [2.24, 2.45) is 7.05 Å². The van der Waals surface area contributed by atoms with Gasteiger partial charge in [0.25, 0.3) is 0 Å². The van der Waals surface area contributed by atoms with E-state index in [1.807, 2.05) is 11.7 Å². The van der Waals surface area contributed by atoms with Crippen molar-refractivity contribution in [3.05, 3.63) is 17.0 Å². The molecule has 0 aliphatic heterocycles. The minimum absolute atomic E-state index is 0.369. The van der Waals surface area contributed by atoms with E-state index >= 15 is 0 Å². The van der Waals surface area contributed by atoms with Crippen LogP contribution in [-0.2, 0) is 7.05 Å². The van der Waals surface area contributed by atoms with Crippen LogP contribution in [0.4, 0.5) is 0 Å². The van der Waals surface area contributed by atoms with E-state index in [0.29, 0.717) is 6.04 Å². The summed E-state index contributed by atoms with van der Waals surface area (Å²) < 4.78 is 1.97. The molecule has 1 rings (SSSR count). The van der Waals surface area contributed by atoms with Gasteiger partial charge in [0.2, 0.25) is 0 Å². The maximum Gasteiger partial charge on any atom is 0.0644 e. The van der Waals surface area contributed by atoms with Crippen LogP contribution in [0.3, 0.4) is 0 Å². The van der Waals surface area contributed by atoms with Crippen LogP contribution in [-0.4, -0.2) is 40.9 Å². The lowest BCUT2D eigenvalue weighted by molar-refractivity contribution is 0.284. The third-order valence-corrected chi connectivity index (χ3v) is 3.86. The lowest BCUT2D eigenvalue weighted by Crippen LogP contribution is -2.33. The van der Waals surface area contributed by atoms with Gasteiger partial charge in [-0.3, -0.25) is 4.68 Å². The van der Waals surface area contributed by atoms with Crippen LogP contribution < -0.4 is 5.32 Å². The minimum atomic E-state index is 0.369. The Morgan fingerprint density at radius 2 is 1.95 bits per heavy atom. The number of aromatic nitrogens is 2. The Kier molecular flexibility index (Phi) is 6.52. The van der Waals surface area contributed by atoms with E-state index in [0.717, 1.165) is 25.3 Å². The smallest absolute Gasteiger partial charge is 0.0644 e. The fourth-order valence-electron chi connectivity index (χ4n) is 2.70. The number of nitrogens with one attached hydrogen (secondary N) is 1. The van der Waals surface area contributed by atoms with Crippen LogP contribution in [0.5, 0.6) is 0 Å². The molecule has 0 saturated heterocycles. The molecule has 0 fully saturated rings. The summed E-state index contributed by atoms with van der Waals surface area (Å²) in [5.74, 6) is 0. The molecule has 0 amide bonds. The van der Waals surface area contributed by atoms with Crippen LogP contribution in [0.25, 0.3) is 0 Å². The average molecular weight is 266 g/mol. The minimum Gasteiger partial charge on any atom is -0.309 e. The molecule has 1 aromatic rings. The van der Waals surface area contributed by atoms with Crippen molar-refractivity contribution < 1.29 is 0 Å². The second-order valence-corrected chi connectivity index (χ2v) is 5.32. The van der Waals surface area contributed by atoms with Crippen molar-refractivity contribution in [3.63, 3.8) is 0 Å². The molecule has 0 saturated carbocycles. The first-order valence-corrected chi connectivity index (χ1v) is 7.47. The average Bonchev–Trinajstić information content (AvgIpc) is 2.62. The Balaban J connectivity index is 2.49. The molecule has 0 aliphatic carbocycles. The molecule has 4 heteroatoms. The van der Waals surface area contributed by atoms with Crippen molar-refractivity contribution in [1.82, 2.24) is 20.0 Å². The van der Waals surface area contributed by atoms with Crippen molar-refractivity contribution in [3.8, 4) is 0 Å². The first-order valence-electron chi connectivity index (χ1n) is 7.47. The summed E-state index contributed by atoms with van der Waals surface area (Å²) in [5, 5.41) is 8.11. The van der Waals surface area contributed by atoms with Crippen LogP contribution >= 0.6 is 0 Å². The fourth-order valence-corrected chi connectivity index (χ4v) is 2.70. The summed E-state index contributed by atoms with van der Waals surface area (Å²) in [4.78, 5) is 2.49. The molecule has 110 valence electrons. The van der Waals surface area contributed by atoms with E-state index in [4.69, 9.17) is 0 Å². The van der Waals surface area contributed by atoms with E-state index in [-0.39, 0.29) is 0 Å². The molecular formula is C15H30N4. The highest BCUT2D eigenvalue weighted by Crippen LogP contribution is 2.20. The van der Waals surface area contributed by atoms with Gasteiger partial charge in [-0.2, -0.15) is 5.10 Å². The number of nitrogens with zero attached hydrogens (tertiary/aromatic N) is 3. The lowest BCUT2D eigenvalue weighted by atomic mass is 10.1. The molecular weight excluding hydrogens is 236 g/mol. The maximum atomic E-state index is 4.49. The van der Waals surface area contributed by atoms with Crippen LogP contribution in [0.1, 0.15) is 50.2 Å². The molecule has 1 atom stereocenters. The lowest BCUT2D eigenvalue weighted by Gasteiger charge is -2.21. The van der Waals surface area contributed by atoms with Gasteiger partial charge in [0.15, 0.2) is 0 Å². The highest BCUT2D eigenvalue weighted by molar-refractivity contribution is 5.27. The molecule has 19 heavy (non-hydrogen) atoms. The zero-order valence-electron chi connectivity index (χ0n) is 13.5. The Morgan fingerprint density at radius 1 is 1.26 bits per heavy atom. The topological polar surface area (TPSA) is 33.1 Å². The van der Waals surface area contributed by atoms with Gasteiger partial charge >= 0.3 is 0 Å². The fraction of sp³-hybridized carbons (Fsp3) is 0.800. The quantitative estimate of drug-likeness (QED) is 0.784. The number of rotatable bonds is 8. The van der Waals surface area contributed by atoms with Gasteiger partial charge in [-0.25, -0.2) is 0 Å². The molecule has 1 unspecified atom stereocenters. The molecule has 0 bridgehead atoms. The second kappa shape index (κ2) is 7.65. The van der Waals surface area contributed by atoms with Crippen molar-refractivity contribution in [2.75, 3.05) is 26.2 Å². The number of hydrogen-bond acceptors (Lipinski definition) is 3. The first-order chi connectivity index (χ1) is 9.01. The SMILES string of the molecule is CCCN(CC)CCNC(C)c1c(C)nn(C)c1C. The van der Waals surface area contributed by atoms with Crippen molar-refractivity contribution >= 4 is 0 Å². The Bertz CT molecular complexity index is 384. The van der Waals surface area contributed by atoms with Gasteiger partial charge in [-0.1, -0.05) is 13.8 Å². The zero-order chi connectivity index (χ0) is 14.4. The summed E-state index contributed by atoms with van der Waals surface area (Å²) in [6.07, 6.45) is 1.23. The highest BCUT2D eigenvalue weighted by Gasteiger charge is 2.15. The summed E-state index contributed by atoms with van der Waals surface area (Å²) in [7, 11) is 2.01. The third-order valence-electron chi connectivity index (χ3n) is 3.86. The van der Waals surface area contributed by atoms with Gasteiger partial charge < -0.3 is 10.2 Å².